The predicted molar refractivity (Wildman–Crippen MR) is 71.5 cm³/mol. The van der Waals surface area contributed by atoms with Crippen molar-refractivity contribution in [1.82, 2.24) is 15.1 Å². The monoisotopic (exact) mass is 263 g/mol. The lowest BCUT2D eigenvalue weighted by Crippen LogP contribution is -2.44. The summed E-state index contributed by atoms with van der Waals surface area (Å²) in [6.07, 6.45) is 5.86. The van der Waals surface area contributed by atoms with Crippen LogP contribution in [0.25, 0.3) is 0 Å². The van der Waals surface area contributed by atoms with Gasteiger partial charge in [-0.3, -0.25) is 19.6 Å². The van der Waals surface area contributed by atoms with Crippen molar-refractivity contribution >= 4 is 11.8 Å². The highest BCUT2D eigenvalue weighted by atomic mass is 16.2. The second kappa shape index (κ2) is 5.55. The number of rotatable bonds is 4. The standard InChI is InChI=1S/C14H21N3O2/c1-4-5-11-12(6-13(18)16-14(11)19)10-7-15-17(8-10)9(2)3/h7-9,11-12H,4-6H2,1-3H3,(H,16,18,19). The Bertz CT molecular complexity index is 479. The van der Waals surface area contributed by atoms with Crippen molar-refractivity contribution in [1.29, 1.82) is 0 Å². The lowest BCUT2D eigenvalue weighted by Gasteiger charge is -2.29. The Kier molecular flexibility index (Phi) is 4.02. The van der Waals surface area contributed by atoms with Gasteiger partial charge in [-0.1, -0.05) is 13.3 Å². The molecular formula is C14H21N3O2. The van der Waals surface area contributed by atoms with Crippen molar-refractivity contribution in [3.63, 3.8) is 0 Å². The molecular weight excluding hydrogens is 242 g/mol. The molecule has 2 amide bonds. The third-order valence-corrected chi connectivity index (χ3v) is 3.67. The molecule has 1 aromatic rings. The van der Waals surface area contributed by atoms with Crippen LogP contribution >= 0.6 is 0 Å². The van der Waals surface area contributed by atoms with Crippen LogP contribution in [-0.4, -0.2) is 21.6 Å². The van der Waals surface area contributed by atoms with Crippen LogP contribution in [0.1, 0.15) is 57.6 Å². The van der Waals surface area contributed by atoms with Crippen molar-refractivity contribution in [2.75, 3.05) is 0 Å². The molecule has 5 heteroatoms. The van der Waals surface area contributed by atoms with Crippen molar-refractivity contribution in [2.24, 2.45) is 5.92 Å². The maximum Gasteiger partial charge on any atom is 0.230 e. The van der Waals surface area contributed by atoms with Crippen LogP contribution in [0.5, 0.6) is 0 Å². The van der Waals surface area contributed by atoms with E-state index in [1.54, 1.807) is 6.20 Å². The predicted octanol–water partition coefficient (Wildman–Crippen LogP) is 2.01. The van der Waals surface area contributed by atoms with Crippen LogP contribution in [0.2, 0.25) is 0 Å². The van der Waals surface area contributed by atoms with Gasteiger partial charge >= 0.3 is 0 Å². The van der Waals surface area contributed by atoms with Gasteiger partial charge in [0.1, 0.15) is 0 Å². The van der Waals surface area contributed by atoms with Crippen molar-refractivity contribution < 1.29 is 9.59 Å². The molecule has 0 saturated carbocycles. The van der Waals surface area contributed by atoms with Gasteiger partial charge in [-0.05, 0) is 25.8 Å². The summed E-state index contributed by atoms with van der Waals surface area (Å²) in [4.78, 5) is 23.5. The number of nitrogens with zero attached hydrogens (tertiary/aromatic N) is 2. The van der Waals surface area contributed by atoms with E-state index in [2.05, 4.69) is 31.2 Å². The van der Waals surface area contributed by atoms with Crippen molar-refractivity contribution in [3.05, 3.63) is 18.0 Å². The van der Waals surface area contributed by atoms with Crippen molar-refractivity contribution in [2.45, 2.75) is 52.0 Å². The minimum Gasteiger partial charge on any atom is -0.296 e. The lowest BCUT2D eigenvalue weighted by atomic mass is 9.79. The van der Waals surface area contributed by atoms with Crippen LogP contribution in [0.4, 0.5) is 0 Å². The average molecular weight is 263 g/mol. The molecule has 0 bridgehead atoms. The Morgan fingerprint density at radius 2 is 2.21 bits per heavy atom. The molecule has 0 radical (unpaired) electrons. The molecule has 1 N–H and O–H groups in total. The number of nitrogens with one attached hydrogen (secondary N) is 1. The third-order valence-electron chi connectivity index (χ3n) is 3.67. The smallest absolute Gasteiger partial charge is 0.230 e. The van der Waals surface area contributed by atoms with Crippen molar-refractivity contribution in [3.8, 4) is 0 Å². The Labute approximate surface area is 113 Å². The van der Waals surface area contributed by atoms with Crippen LogP contribution in [0, 0.1) is 5.92 Å². The van der Waals surface area contributed by atoms with E-state index in [9.17, 15) is 9.59 Å². The van der Waals surface area contributed by atoms with E-state index in [1.165, 1.54) is 0 Å². The first-order valence-corrected chi connectivity index (χ1v) is 6.90. The second-order valence-electron chi connectivity index (χ2n) is 5.47. The molecule has 0 spiro atoms. The second-order valence-corrected chi connectivity index (χ2v) is 5.47. The molecule has 2 atom stereocenters. The number of aromatic nitrogens is 2. The van der Waals surface area contributed by atoms with Gasteiger partial charge in [-0.25, -0.2) is 0 Å². The Balaban J connectivity index is 2.26. The van der Waals surface area contributed by atoms with E-state index in [-0.39, 0.29) is 29.7 Å². The number of imide groups is 1. The molecule has 1 aliphatic heterocycles. The highest BCUT2D eigenvalue weighted by Crippen LogP contribution is 2.34. The maximum atomic E-state index is 12.0. The van der Waals surface area contributed by atoms with E-state index in [1.807, 2.05) is 10.9 Å². The summed E-state index contributed by atoms with van der Waals surface area (Å²) in [6.45, 7) is 6.16. The van der Waals surface area contributed by atoms with E-state index in [0.717, 1.165) is 18.4 Å². The zero-order valence-electron chi connectivity index (χ0n) is 11.7. The first kappa shape index (κ1) is 13.8. The SMILES string of the molecule is CCCC1C(=O)NC(=O)CC1c1cnn(C(C)C)c1. The molecule has 19 heavy (non-hydrogen) atoms. The van der Waals surface area contributed by atoms with Gasteiger partial charge in [0.2, 0.25) is 11.8 Å². The first-order valence-electron chi connectivity index (χ1n) is 6.90. The zero-order chi connectivity index (χ0) is 14.0. The van der Waals surface area contributed by atoms with Gasteiger partial charge < -0.3 is 0 Å². The van der Waals surface area contributed by atoms with Crippen LogP contribution in [0.3, 0.4) is 0 Å². The highest BCUT2D eigenvalue weighted by Gasteiger charge is 2.36. The average Bonchev–Trinajstić information content (AvgIpc) is 2.81. The van der Waals surface area contributed by atoms with E-state index in [4.69, 9.17) is 0 Å². The molecule has 1 saturated heterocycles. The van der Waals surface area contributed by atoms with E-state index in [0.29, 0.717) is 6.42 Å². The third kappa shape index (κ3) is 2.85. The molecule has 1 aromatic heterocycles. The molecule has 104 valence electrons. The van der Waals surface area contributed by atoms with Crippen LogP contribution in [0.15, 0.2) is 12.4 Å². The Morgan fingerprint density at radius 3 is 2.79 bits per heavy atom. The summed E-state index contributed by atoms with van der Waals surface area (Å²) in [5.74, 6) is -0.471. The summed E-state index contributed by atoms with van der Waals surface area (Å²) in [5.41, 5.74) is 0.996. The van der Waals surface area contributed by atoms with Gasteiger partial charge in [0, 0.05) is 30.5 Å². The number of hydrogen-bond acceptors (Lipinski definition) is 3. The first-order chi connectivity index (χ1) is 9.02. The minimum atomic E-state index is -0.181. The molecule has 2 rings (SSSR count). The normalized spacial score (nSPS) is 23.8. The zero-order valence-corrected chi connectivity index (χ0v) is 11.7. The molecule has 1 fully saturated rings. The quantitative estimate of drug-likeness (QED) is 0.845. The molecule has 0 aliphatic carbocycles. The highest BCUT2D eigenvalue weighted by molar-refractivity contribution is 5.99. The number of carbonyl (C=O) groups excluding carboxylic acids is 2. The largest absolute Gasteiger partial charge is 0.296 e. The molecule has 2 unspecified atom stereocenters. The Morgan fingerprint density at radius 1 is 1.47 bits per heavy atom. The summed E-state index contributed by atoms with van der Waals surface area (Å²) < 4.78 is 1.87. The fraction of sp³-hybridized carbons (Fsp3) is 0.643. The minimum absolute atomic E-state index is 0.0336. The fourth-order valence-electron chi connectivity index (χ4n) is 2.63. The number of amides is 2. The summed E-state index contributed by atoms with van der Waals surface area (Å²) >= 11 is 0. The molecule has 2 heterocycles. The molecule has 1 aliphatic rings. The number of carbonyl (C=O) groups is 2. The summed E-state index contributed by atoms with van der Waals surface area (Å²) in [6, 6.07) is 0.284. The topological polar surface area (TPSA) is 64.0 Å². The lowest BCUT2D eigenvalue weighted by molar-refractivity contribution is -0.137. The Hall–Kier alpha value is -1.65. The van der Waals surface area contributed by atoms with E-state index >= 15 is 0 Å². The molecule has 5 nitrogen and oxygen atoms in total. The van der Waals surface area contributed by atoms with Gasteiger partial charge in [-0.2, -0.15) is 5.10 Å². The van der Waals surface area contributed by atoms with Crippen LogP contribution in [-0.2, 0) is 9.59 Å². The van der Waals surface area contributed by atoms with Gasteiger partial charge in [0.15, 0.2) is 0 Å². The van der Waals surface area contributed by atoms with E-state index < -0.39 is 0 Å². The summed E-state index contributed by atoms with van der Waals surface area (Å²) in [5, 5.41) is 6.75. The van der Waals surface area contributed by atoms with Gasteiger partial charge in [-0.15, -0.1) is 0 Å². The van der Waals surface area contributed by atoms with Gasteiger partial charge in [0.25, 0.3) is 0 Å². The number of piperidine rings is 1. The fourth-order valence-corrected chi connectivity index (χ4v) is 2.63. The summed E-state index contributed by atoms with van der Waals surface area (Å²) in [7, 11) is 0. The molecule has 0 aromatic carbocycles. The number of hydrogen-bond donors (Lipinski definition) is 1. The maximum absolute atomic E-state index is 12.0. The van der Waals surface area contributed by atoms with Gasteiger partial charge in [0.05, 0.1) is 6.20 Å². The van der Waals surface area contributed by atoms with Crippen LogP contribution < -0.4 is 5.32 Å².